The molecule has 0 bridgehead atoms. The van der Waals surface area contributed by atoms with Crippen LogP contribution in [-0.4, -0.2) is 15.3 Å². The first kappa shape index (κ1) is 26.6. The van der Waals surface area contributed by atoms with Crippen molar-refractivity contribution in [2.24, 2.45) is 17.6 Å². The maximum Gasteiger partial charge on any atom is 0.284 e. The van der Waals surface area contributed by atoms with E-state index < -0.39 is 23.1 Å². The van der Waals surface area contributed by atoms with Crippen LogP contribution in [0.5, 0.6) is 0 Å². The Morgan fingerprint density at radius 1 is 1.14 bits per heavy atom. The molecule has 1 aliphatic carbocycles. The van der Waals surface area contributed by atoms with E-state index >= 15 is 0 Å². The van der Waals surface area contributed by atoms with Crippen LogP contribution < -0.4 is 11.3 Å². The second-order valence-corrected chi connectivity index (χ2v) is 9.69. The molecule has 1 amide bonds. The maximum absolute atomic E-state index is 14.0. The molecule has 35 heavy (non-hydrogen) atoms. The first-order valence-electron chi connectivity index (χ1n) is 11.6. The Balaban J connectivity index is 0.000000287. The molecule has 3 aromatic rings. The first-order valence-corrected chi connectivity index (χ1v) is 12.4. The van der Waals surface area contributed by atoms with Crippen LogP contribution in [-0.2, 0) is 6.54 Å². The molecular weight excluding hydrogens is 516 g/mol. The highest BCUT2D eigenvalue weighted by Gasteiger charge is 2.28. The molecule has 1 aromatic heterocycles. The van der Waals surface area contributed by atoms with Crippen LogP contribution in [0.1, 0.15) is 55.5 Å². The number of nitrogens with two attached hydrogens (primary N) is 1. The van der Waals surface area contributed by atoms with E-state index in [0.29, 0.717) is 5.69 Å². The first-order chi connectivity index (χ1) is 16.7. The summed E-state index contributed by atoms with van der Waals surface area (Å²) in [6.45, 7) is 8.27. The van der Waals surface area contributed by atoms with Crippen molar-refractivity contribution in [3.8, 4) is 5.69 Å². The summed E-state index contributed by atoms with van der Waals surface area (Å²) in [7, 11) is 0. The summed E-state index contributed by atoms with van der Waals surface area (Å²) >= 11 is 3.29. The van der Waals surface area contributed by atoms with Gasteiger partial charge in [-0.2, -0.15) is 0 Å². The van der Waals surface area contributed by atoms with Gasteiger partial charge in [-0.05, 0) is 61.1 Å². The van der Waals surface area contributed by atoms with Crippen molar-refractivity contribution in [1.82, 2.24) is 9.36 Å². The topological polar surface area (TPSA) is 70.0 Å². The third-order valence-corrected chi connectivity index (χ3v) is 6.90. The lowest BCUT2D eigenvalue weighted by atomic mass is 9.97. The van der Waals surface area contributed by atoms with E-state index in [-0.39, 0.29) is 17.7 Å². The number of primary amides is 1. The van der Waals surface area contributed by atoms with E-state index in [4.69, 9.17) is 5.73 Å². The molecule has 0 spiro atoms. The molecular formula is C27H30BrF2N3O2. The summed E-state index contributed by atoms with van der Waals surface area (Å²) in [4.78, 5) is 24.0. The van der Waals surface area contributed by atoms with E-state index in [1.54, 1.807) is 24.3 Å². The lowest BCUT2D eigenvalue weighted by Crippen LogP contribution is -2.26. The fraction of sp³-hybridized carbons (Fsp3) is 0.333. The quantitative estimate of drug-likeness (QED) is 0.341. The Kier molecular flexibility index (Phi) is 8.83. The van der Waals surface area contributed by atoms with E-state index in [9.17, 15) is 18.4 Å². The highest BCUT2D eigenvalue weighted by atomic mass is 79.9. The van der Waals surface area contributed by atoms with Crippen molar-refractivity contribution in [2.75, 3.05) is 0 Å². The van der Waals surface area contributed by atoms with Gasteiger partial charge in [-0.15, -0.1) is 0 Å². The zero-order chi connectivity index (χ0) is 25.7. The molecule has 0 radical (unpaired) electrons. The zero-order valence-corrected chi connectivity index (χ0v) is 21.5. The molecule has 0 saturated heterocycles. The number of aromatic nitrogens is 2. The summed E-state index contributed by atoms with van der Waals surface area (Å²) in [5, 5.41) is 0. The Morgan fingerprint density at radius 3 is 2.20 bits per heavy atom. The van der Waals surface area contributed by atoms with Gasteiger partial charge in [0, 0.05) is 16.2 Å². The zero-order valence-electron chi connectivity index (χ0n) is 19.9. The molecule has 0 aliphatic heterocycles. The standard InChI is InChI=1S/C17H12BrF2N3O2.C10H18/c18-10-4-6-11(7-5-10)23-17(25)13(16(21)24)9-22(23)8-12-14(19)2-1-3-15(12)20;1-4-9(5-2)7-10-6-8(10)3/h1-7,9H,8H2,(H2,21,24);9-10H,3-7H2,1-2H3. The van der Waals surface area contributed by atoms with Gasteiger partial charge in [0.05, 0.1) is 12.2 Å². The van der Waals surface area contributed by atoms with Crippen molar-refractivity contribution in [3.05, 3.63) is 98.4 Å². The largest absolute Gasteiger partial charge is 0.365 e. The monoisotopic (exact) mass is 545 g/mol. The lowest BCUT2D eigenvalue weighted by Gasteiger charge is -2.13. The molecule has 8 heteroatoms. The van der Waals surface area contributed by atoms with Crippen molar-refractivity contribution in [3.63, 3.8) is 0 Å². The minimum Gasteiger partial charge on any atom is -0.365 e. The molecule has 1 aliphatic rings. The van der Waals surface area contributed by atoms with E-state index in [2.05, 4.69) is 36.4 Å². The number of nitrogens with zero attached hydrogens (tertiary/aromatic N) is 2. The Morgan fingerprint density at radius 2 is 1.71 bits per heavy atom. The van der Waals surface area contributed by atoms with Gasteiger partial charge in [-0.25, -0.2) is 13.5 Å². The average molecular weight is 546 g/mol. The summed E-state index contributed by atoms with van der Waals surface area (Å²) in [5.74, 6) is -0.536. The van der Waals surface area contributed by atoms with Crippen LogP contribution in [0.25, 0.3) is 5.69 Å². The van der Waals surface area contributed by atoms with Gasteiger partial charge in [-0.1, -0.05) is 60.8 Å². The Hall–Kier alpha value is -3.00. The summed E-state index contributed by atoms with van der Waals surface area (Å²) in [6.07, 6.45) is 6.61. The van der Waals surface area contributed by atoms with E-state index in [0.717, 1.165) is 33.1 Å². The summed E-state index contributed by atoms with van der Waals surface area (Å²) in [5.41, 5.74) is 6.00. The molecule has 1 unspecified atom stereocenters. The van der Waals surface area contributed by atoms with Crippen LogP contribution in [0.15, 0.2) is 70.1 Å². The number of carbonyl (C=O) groups excluding carboxylic acids is 1. The molecule has 2 N–H and O–H groups in total. The van der Waals surface area contributed by atoms with Crippen LogP contribution in [0.3, 0.4) is 0 Å². The van der Waals surface area contributed by atoms with Crippen molar-refractivity contribution >= 4 is 21.8 Å². The van der Waals surface area contributed by atoms with Crippen LogP contribution in [0.4, 0.5) is 8.78 Å². The number of hydrogen-bond donors (Lipinski definition) is 1. The van der Waals surface area contributed by atoms with Gasteiger partial charge in [0.1, 0.15) is 17.2 Å². The number of hydrogen-bond acceptors (Lipinski definition) is 2. The maximum atomic E-state index is 14.0. The fourth-order valence-electron chi connectivity index (χ4n) is 4.00. The molecule has 1 fully saturated rings. The smallest absolute Gasteiger partial charge is 0.284 e. The highest BCUT2D eigenvalue weighted by molar-refractivity contribution is 9.10. The number of amides is 1. The van der Waals surface area contributed by atoms with Crippen LogP contribution in [0.2, 0.25) is 0 Å². The van der Waals surface area contributed by atoms with Crippen molar-refractivity contribution in [1.29, 1.82) is 0 Å². The number of carbonyl (C=O) groups is 1. The van der Waals surface area contributed by atoms with Crippen molar-refractivity contribution < 1.29 is 13.6 Å². The fourth-order valence-corrected chi connectivity index (χ4v) is 4.27. The third kappa shape index (κ3) is 6.57. The summed E-state index contributed by atoms with van der Waals surface area (Å²) in [6, 6.07) is 10.2. The third-order valence-electron chi connectivity index (χ3n) is 6.37. The minimum absolute atomic E-state index is 0.223. The molecule has 5 nitrogen and oxygen atoms in total. The number of halogens is 3. The number of benzene rings is 2. The second kappa shape index (κ2) is 11.6. The van der Waals surface area contributed by atoms with Gasteiger partial charge in [0.2, 0.25) is 0 Å². The second-order valence-electron chi connectivity index (χ2n) is 8.78. The normalized spacial score (nSPS) is 14.6. The van der Waals surface area contributed by atoms with E-state index in [1.807, 2.05) is 0 Å². The van der Waals surface area contributed by atoms with Gasteiger partial charge in [-0.3, -0.25) is 14.3 Å². The van der Waals surface area contributed by atoms with Crippen LogP contribution >= 0.6 is 15.9 Å². The molecule has 186 valence electrons. The van der Waals surface area contributed by atoms with Gasteiger partial charge in [0.15, 0.2) is 0 Å². The van der Waals surface area contributed by atoms with Gasteiger partial charge >= 0.3 is 0 Å². The summed E-state index contributed by atoms with van der Waals surface area (Å²) < 4.78 is 31.1. The molecule has 2 aromatic carbocycles. The van der Waals surface area contributed by atoms with Crippen molar-refractivity contribution in [2.45, 2.75) is 46.1 Å². The van der Waals surface area contributed by atoms with Gasteiger partial charge < -0.3 is 5.73 Å². The predicted molar refractivity (Wildman–Crippen MR) is 138 cm³/mol. The molecule has 1 atom stereocenters. The minimum atomic E-state index is -0.913. The predicted octanol–water partition coefficient (Wildman–Crippen LogP) is 6.22. The molecule has 4 rings (SSSR count). The Labute approximate surface area is 212 Å². The van der Waals surface area contributed by atoms with Crippen LogP contribution in [0, 0.1) is 23.5 Å². The highest BCUT2D eigenvalue weighted by Crippen LogP contribution is 2.41. The SMILES string of the molecule is C=C1CC1CC(CC)CC.NC(=O)c1cn(Cc2c(F)cccc2F)n(-c2ccc(Br)cc2)c1=O. The lowest BCUT2D eigenvalue weighted by molar-refractivity contribution is 0.0999. The Bertz CT molecular complexity index is 1240. The molecule has 1 saturated carbocycles. The van der Waals surface area contributed by atoms with Gasteiger partial charge in [0.25, 0.3) is 11.5 Å². The number of rotatable bonds is 8. The number of allylic oxidation sites excluding steroid dienone is 1. The average Bonchev–Trinajstić information content (AvgIpc) is 3.42. The van der Waals surface area contributed by atoms with E-state index in [1.165, 1.54) is 48.2 Å². The molecule has 1 heterocycles.